The molecule has 2 amide bonds. The summed E-state index contributed by atoms with van der Waals surface area (Å²) in [5.74, 6) is 0.646. The Labute approximate surface area is 196 Å². The van der Waals surface area contributed by atoms with Gasteiger partial charge < -0.3 is 9.47 Å². The highest BCUT2D eigenvalue weighted by Gasteiger charge is 2.35. The Morgan fingerprint density at radius 2 is 1.97 bits per heavy atom. The molecular weight excluding hydrogens is 513 g/mol. The van der Waals surface area contributed by atoms with Crippen molar-refractivity contribution >= 4 is 68.1 Å². The largest absolute Gasteiger partial charge is 0.493 e. The second kappa shape index (κ2) is 9.92. The number of thioether (sulfide) groups is 1. The minimum absolute atomic E-state index is 0.111. The van der Waals surface area contributed by atoms with Crippen molar-refractivity contribution in [2.45, 2.75) is 6.54 Å². The van der Waals surface area contributed by atoms with Crippen molar-refractivity contribution < 1.29 is 19.1 Å². The van der Waals surface area contributed by atoms with Crippen LogP contribution in [0.1, 0.15) is 11.1 Å². The van der Waals surface area contributed by atoms with Crippen LogP contribution in [0.2, 0.25) is 10.0 Å². The van der Waals surface area contributed by atoms with E-state index in [2.05, 4.69) is 22.5 Å². The normalized spacial score (nSPS) is 15.1. The molecule has 1 aliphatic rings. The molecule has 1 aliphatic heterocycles. The van der Waals surface area contributed by atoms with E-state index >= 15 is 0 Å². The molecule has 2 aromatic rings. The van der Waals surface area contributed by atoms with Crippen LogP contribution in [0.3, 0.4) is 0 Å². The van der Waals surface area contributed by atoms with Gasteiger partial charge in [-0.3, -0.25) is 14.5 Å². The Kier molecular flexibility index (Phi) is 7.52. The summed E-state index contributed by atoms with van der Waals surface area (Å²) in [6.07, 6.45) is 3.27. The van der Waals surface area contributed by atoms with E-state index in [4.69, 9.17) is 32.7 Å². The molecule has 0 aliphatic carbocycles. The maximum atomic E-state index is 12.8. The number of nitrogens with zero attached hydrogens (tertiary/aromatic N) is 1. The summed E-state index contributed by atoms with van der Waals surface area (Å²) in [6, 6.07) is 8.52. The van der Waals surface area contributed by atoms with Crippen molar-refractivity contribution in [1.29, 1.82) is 0 Å². The van der Waals surface area contributed by atoms with Gasteiger partial charge in [-0.05, 0) is 69.2 Å². The fourth-order valence-electron chi connectivity index (χ4n) is 2.71. The van der Waals surface area contributed by atoms with Gasteiger partial charge in [0.2, 0.25) is 0 Å². The lowest BCUT2D eigenvalue weighted by molar-refractivity contribution is -0.123. The van der Waals surface area contributed by atoms with E-state index in [0.717, 1.165) is 11.8 Å². The number of halogens is 3. The zero-order chi connectivity index (χ0) is 21.8. The van der Waals surface area contributed by atoms with Gasteiger partial charge in [-0.15, -0.1) is 0 Å². The van der Waals surface area contributed by atoms with Crippen molar-refractivity contribution in [3.63, 3.8) is 0 Å². The third kappa shape index (κ3) is 5.03. The quantitative estimate of drug-likeness (QED) is 0.300. The molecule has 0 N–H and O–H groups in total. The highest BCUT2D eigenvalue weighted by atomic mass is 79.9. The summed E-state index contributed by atoms with van der Waals surface area (Å²) >= 11 is 16.3. The number of ether oxygens (including phenoxy) is 2. The molecule has 0 spiro atoms. The lowest BCUT2D eigenvalue weighted by Gasteiger charge is -2.13. The van der Waals surface area contributed by atoms with Crippen LogP contribution in [0.15, 0.2) is 52.4 Å². The minimum atomic E-state index is -0.377. The van der Waals surface area contributed by atoms with Crippen LogP contribution < -0.4 is 9.47 Å². The molecule has 3 rings (SSSR count). The molecule has 1 heterocycles. The minimum Gasteiger partial charge on any atom is -0.493 e. The summed E-state index contributed by atoms with van der Waals surface area (Å²) in [6.45, 7) is 4.06. The molecule has 30 heavy (non-hydrogen) atoms. The monoisotopic (exact) mass is 527 g/mol. The van der Waals surface area contributed by atoms with E-state index in [1.807, 2.05) is 0 Å². The summed E-state index contributed by atoms with van der Waals surface area (Å²) in [4.78, 5) is 26.7. The lowest BCUT2D eigenvalue weighted by Crippen LogP contribution is -2.27. The first kappa shape index (κ1) is 22.7. The third-order valence-electron chi connectivity index (χ3n) is 4.09. The van der Waals surface area contributed by atoms with Crippen molar-refractivity contribution in [3.8, 4) is 11.5 Å². The topological polar surface area (TPSA) is 55.8 Å². The second-order valence-electron chi connectivity index (χ2n) is 6.15. The maximum absolute atomic E-state index is 12.8. The number of benzene rings is 2. The third-order valence-corrected chi connectivity index (χ3v) is 6.33. The van der Waals surface area contributed by atoms with Gasteiger partial charge in [-0.2, -0.15) is 0 Å². The molecule has 9 heteroatoms. The first-order valence-corrected chi connectivity index (χ1v) is 11.0. The summed E-state index contributed by atoms with van der Waals surface area (Å²) in [7, 11) is 1.53. The molecule has 0 bridgehead atoms. The zero-order valence-electron chi connectivity index (χ0n) is 15.8. The summed E-state index contributed by atoms with van der Waals surface area (Å²) < 4.78 is 11.7. The molecule has 0 saturated carbocycles. The predicted molar refractivity (Wildman–Crippen MR) is 124 cm³/mol. The summed E-state index contributed by atoms with van der Waals surface area (Å²) in [5, 5.41) is 0.427. The van der Waals surface area contributed by atoms with E-state index in [1.54, 1.807) is 42.5 Å². The summed E-state index contributed by atoms with van der Waals surface area (Å²) in [5.41, 5.74) is 1.39. The van der Waals surface area contributed by atoms with Crippen LogP contribution in [-0.4, -0.2) is 29.8 Å². The number of hydrogen-bond acceptors (Lipinski definition) is 5. The lowest BCUT2D eigenvalue weighted by atomic mass is 10.1. The van der Waals surface area contributed by atoms with Crippen LogP contribution in [0.25, 0.3) is 6.08 Å². The van der Waals surface area contributed by atoms with Crippen molar-refractivity contribution in [2.75, 3.05) is 13.7 Å². The predicted octanol–water partition coefficient (Wildman–Crippen LogP) is 6.57. The average Bonchev–Trinajstić information content (AvgIpc) is 2.97. The smallest absolute Gasteiger partial charge is 0.293 e. The Bertz CT molecular complexity index is 1060. The van der Waals surface area contributed by atoms with Crippen LogP contribution >= 0.6 is 50.9 Å². The SMILES string of the molecule is C=CCOc1c(Br)cc(/C=C2\SC(=O)N(Cc3ccc(Cl)c(Cl)c3)C2=O)cc1OC. The van der Waals surface area contributed by atoms with Crippen molar-refractivity contribution in [3.05, 3.63) is 73.5 Å². The molecule has 2 aromatic carbocycles. The van der Waals surface area contributed by atoms with Crippen LogP contribution in [0.5, 0.6) is 11.5 Å². The molecule has 0 aromatic heterocycles. The van der Waals surface area contributed by atoms with Gasteiger partial charge in [0.1, 0.15) is 6.61 Å². The molecule has 0 atom stereocenters. The fourth-order valence-corrected chi connectivity index (χ4v) is 4.45. The number of amides is 2. The number of rotatable bonds is 7. The van der Waals surface area contributed by atoms with Gasteiger partial charge in [0, 0.05) is 0 Å². The van der Waals surface area contributed by atoms with E-state index in [9.17, 15) is 9.59 Å². The first-order valence-electron chi connectivity index (χ1n) is 8.64. The van der Waals surface area contributed by atoms with Crippen LogP contribution in [-0.2, 0) is 11.3 Å². The molecular formula is C21H16BrCl2NO4S. The molecule has 1 fully saturated rings. The molecule has 1 saturated heterocycles. The number of imide groups is 1. The fraction of sp³-hybridized carbons (Fsp3) is 0.143. The van der Waals surface area contributed by atoms with Gasteiger partial charge in [0.25, 0.3) is 11.1 Å². The number of carbonyl (C=O) groups excluding carboxylic acids is 2. The van der Waals surface area contributed by atoms with Crippen molar-refractivity contribution in [1.82, 2.24) is 4.90 Å². The zero-order valence-corrected chi connectivity index (χ0v) is 19.7. The molecule has 156 valence electrons. The van der Waals surface area contributed by atoms with E-state index in [-0.39, 0.29) is 17.7 Å². The Morgan fingerprint density at radius 3 is 2.63 bits per heavy atom. The van der Waals surface area contributed by atoms with Gasteiger partial charge in [0.15, 0.2) is 11.5 Å². The Hall–Kier alpha value is -1.93. The molecule has 5 nitrogen and oxygen atoms in total. The molecule has 0 radical (unpaired) electrons. The molecule has 0 unspecified atom stereocenters. The van der Waals surface area contributed by atoms with Gasteiger partial charge in [-0.25, -0.2) is 0 Å². The van der Waals surface area contributed by atoms with Crippen LogP contribution in [0, 0.1) is 0 Å². The Balaban J connectivity index is 1.85. The average molecular weight is 529 g/mol. The van der Waals surface area contributed by atoms with Crippen molar-refractivity contribution in [2.24, 2.45) is 0 Å². The number of hydrogen-bond donors (Lipinski definition) is 0. The van der Waals surface area contributed by atoms with Gasteiger partial charge in [0.05, 0.1) is 33.1 Å². The van der Waals surface area contributed by atoms with Crippen LogP contribution in [0.4, 0.5) is 4.79 Å². The highest BCUT2D eigenvalue weighted by Crippen LogP contribution is 2.39. The Morgan fingerprint density at radius 1 is 1.20 bits per heavy atom. The first-order chi connectivity index (χ1) is 14.3. The van der Waals surface area contributed by atoms with Gasteiger partial charge >= 0.3 is 0 Å². The second-order valence-corrected chi connectivity index (χ2v) is 8.81. The number of methoxy groups -OCH3 is 1. The highest BCUT2D eigenvalue weighted by molar-refractivity contribution is 9.10. The van der Waals surface area contributed by atoms with E-state index in [0.29, 0.717) is 48.7 Å². The maximum Gasteiger partial charge on any atom is 0.293 e. The van der Waals surface area contributed by atoms with E-state index in [1.165, 1.54) is 12.0 Å². The number of carbonyl (C=O) groups is 2. The van der Waals surface area contributed by atoms with E-state index < -0.39 is 0 Å². The van der Waals surface area contributed by atoms with Gasteiger partial charge in [-0.1, -0.05) is 41.9 Å². The standard InChI is InChI=1S/C21H16BrCl2NO4S/c1-3-6-29-19-14(22)7-13(9-17(19)28-2)10-18-20(26)25(21(27)30-18)11-12-4-5-15(23)16(24)8-12/h3-5,7-10H,1,6,11H2,2H3/b18-10-.